The fourth-order valence-electron chi connectivity index (χ4n) is 2.89. The quantitative estimate of drug-likeness (QED) is 0.872. The Hall–Kier alpha value is -3.10. The number of amides is 2. The molecule has 1 saturated heterocycles. The van der Waals surface area contributed by atoms with Crippen molar-refractivity contribution < 1.29 is 22.8 Å². The third-order valence-electron chi connectivity index (χ3n) is 4.50. The van der Waals surface area contributed by atoms with Gasteiger partial charge in [0.05, 0.1) is 17.4 Å². The number of alkyl halides is 3. The SMILES string of the molecule is CC(=O)N1CCN(C(=O)c2ccc(Nc3ccc(C(F)(F)F)cc3)cn2)CC1. The first-order valence-corrected chi connectivity index (χ1v) is 8.69. The molecule has 6 nitrogen and oxygen atoms in total. The highest BCUT2D eigenvalue weighted by Gasteiger charge is 2.30. The smallest absolute Gasteiger partial charge is 0.354 e. The normalized spacial score (nSPS) is 14.7. The first-order valence-electron chi connectivity index (χ1n) is 8.69. The lowest BCUT2D eigenvalue weighted by molar-refractivity contribution is -0.137. The molecule has 1 fully saturated rings. The summed E-state index contributed by atoms with van der Waals surface area (Å²) in [6, 6.07) is 7.85. The third kappa shape index (κ3) is 4.59. The van der Waals surface area contributed by atoms with E-state index in [0.717, 1.165) is 12.1 Å². The standard InChI is InChI=1S/C19H19F3N4O2/c1-13(27)25-8-10-26(11-9-25)18(28)17-7-6-16(12-23-17)24-15-4-2-14(3-5-15)19(20,21)22/h2-7,12,24H,8-11H2,1H3. The Morgan fingerprint density at radius 2 is 1.50 bits per heavy atom. The second-order valence-electron chi connectivity index (χ2n) is 6.43. The average Bonchev–Trinajstić information content (AvgIpc) is 2.68. The van der Waals surface area contributed by atoms with E-state index in [1.807, 2.05) is 0 Å². The summed E-state index contributed by atoms with van der Waals surface area (Å²) in [5.74, 6) is -0.229. The molecule has 9 heteroatoms. The van der Waals surface area contributed by atoms with Crippen LogP contribution < -0.4 is 5.32 Å². The van der Waals surface area contributed by atoms with Gasteiger partial charge >= 0.3 is 6.18 Å². The molecule has 148 valence electrons. The van der Waals surface area contributed by atoms with Gasteiger partial charge in [0.25, 0.3) is 5.91 Å². The summed E-state index contributed by atoms with van der Waals surface area (Å²) in [6.07, 6.45) is -2.92. The number of hydrogen-bond donors (Lipinski definition) is 1. The van der Waals surface area contributed by atoms with Gasteiger partial charge in [-0.3, -0.25) is 9.59 Å². The molecule has 1 aromatic carbocycles. The lowest BCUT2D eigenvalue weighted by Crippen LogP contribution is -2.50. The molecule has 0 atom stereocenters. The average molecular weight is 392 g/mol. The summed E-state index contributed by atoms with van der Waals surface area (Å²) in [6.45, 7) is 3.39. The highest BCUT2D eigenvalue weighted by atomic mass is 19.4. The molecule has 1 aromatic heterocycles. The molecule has 1 N–H and O–H groups in total. The number of pyridine rings is 1. The zero-order valence-corrected chi connectivity index (χ0v) is 15.2. The zero-order valence-electron chi connectivity index (χ0n) is 15.2. The van der Waals surface area contributed by atoms with E-state index in [2.05, 4.69) is 10.3 Å². The zero-order chi connectivity index (χ0) is 20.3. The molecule has 0 radical (unpaired) electrons. The van der Waals surface area contributed by atoms with Gasteiger partial charge in [-0.15, -0.1) is 0 Å². The van der Waals surface area contributed by atoms with Gasteiger partial charge in [0.2, 0.25) is 5.91 Å². The van der Waals surface area contributed by atoms with Crippen LogP contribution in [0, 0.1) is 0 Å². The Morgan fingerprint density at radius 1 is 0.929 bits per heavy atom. The maximum atomic E-state index is 12.6. The van der Waals surface area contributed by atoms with Crippen molar-refractivity contribution in [1.29, 1.82) is 0 Å². The number of carbonyl (C=O) groups is 2. The van der Waals surface area contributed by atoms with Crippen LogP contribution in [0.5, 0.6) is 0 Å². The number of rotatable bonds is 3. The van der Waals surface area contributed by atoms with Crippen LogP contribution in [0.4, 0.5) is 24.5 Å². The number of aromatic nitrogens is 1. The van der Waals surface area contributed by atoms with E-state index in [1.165, 1.54) is 25.3 Å². The summed E-state index contributed by atoms with van der Waals surface area (Å²) >= 11 is 0. The predicted octanol–water partition coefficient (Wildman–Crippen LogP) is 3.15. The molecule has 0 aliphatic carbocycles. The second-order valence-corrected chi connectivity index (χ2v) is 6.43. The maximum absolute atomic E-state index is 12.6. The van der Waals surface area contributed by atoms with Gasteiger partial charge in [-0.1, -0.05) is 0 Å². The van der Waals surface area contributed by atoms with Gasteiger partial charge in [-0.2, -0.15) is 13.2 Å². The Morgan fingerprint density at radius 3 is 2.00 bits per heavy atom. The van der Waals surface area contributed by atoms with Gasteiger partial charge in [-0.05, 0) is 36.4 Å². The van der Waals surface area contributed by atoms with Crippen molar-refractivity contribution in [1.82, 2.24) is 14.8 Å². The summed E-state index contributed by atoms with van der Waals surface area (Å²) in [5, 5.41) is 2.95. The van der Waals surface area contributed by atoms with Crippen molar-refractivity contribution in [3.8, 4) is 0 Å². The van der Waals surface area contributed by atoms with Crippen LogP contribution in [0.25, 0.3) is 0 Å². The van der Waals surface area contributed by atoms with E-state index >= 15 is 0 Å². The Labute approximate surface area is 160 Å². The van der Waals surface area contributed by atoms with Gasteiger partial charge in [0.1, 0.15) is 5.69 Å². The molecule has 0 unspecified atom stereocenters. The molecule has 0 bridgehead atoms. The third-order valence-corrected chi connectivity index (χ3v) is 4.50. The number of benzene rings is 1. The van der Waals surface area contributed by atoms with E-state index in [-0.39, 0.29) is 17.5 Å². The van der Waals surface area contributed by atoms with Gasteiger partial charge in [-0.25, -0.2) is 4.98 Å². The minimum Gasteiger partial charge on any atom is -0.354 e. The topological polar surface area (TPSA) is 65.5 Å². The summed E-state index contributed by atoms with van der Waals surface area (Å²) in [4.78, 5) is 31.3. The number of nitrogens with zero attached hydrogens (tertiary/aromatic N) is 3. The van der Waals surface area contributed by atoms with E-state index < -0.39 is 11.7 Å². The summed E-state index contributed by atoms with van der Waals surface area (Å²) in [5.41, 5.74) is 0.586. The number of nitrogens with one attached hydrogen (secondary N) is 1. The molecule has 28 heavy (non-hydrogen) atoms. The van der Waals surface area contributed by atoms with Crippen molar-refractivity contribution in [2.45, 2.75) is 13.1 Å². The van der Waals surface area contributed by atoms with Crippen LogP contribution in [0.3, 0.4) is 0 Å². The fraction of sp³-hybridized carbons (Fsp3) is 0.316. The monoisotopic (exact) mass is 392 g/mol. The van der Waals surface area contributed by atoms with Crippen molar-refractivity contribution in [3.05, 3.63) is 53.9 Å². The van der Waals surface area contributed by atoms with Crippen LogP contribution >= 0.6 is 0 Å². The molecule has 2 aromatic rings. The first-order chi connectivity index (χ1) is 13.2. The minimum absolute atomic E-state index is 0.0103. The van der Waals surface area contributed by atoms with Crippen molar-refractivity contribution in [2.75, 3.05) is 31.5 Å². The second kappa shape index (κ2) is 7.87. The van der Waals surface area contributed by atoms with Crippen molar-refractivity contribution >= 4 is 23.2 Å². The van der Waals surface area contributed by atoms with Crippen LogP contribution in [0.1, 0.15) is 23.0 Å². The molecule has 0 saturated carbocycles. The molecular formula is C19H19F3N4O2. The van der Waals surface area contributed by atoms with Crippen LogP contribution in [0.15, 0.2) is 42.6 Å². The minimum atomic E-state index is -4.38. The van der Waals surface area contributed by atoms with E-state index in [0.29, 0.717) is 37.6 Å². The van der Waals surface area contributed by atoms with Crippen LogP contribution in [-0.2, 0) is 11.0 Å². The number of carbonyl (C=O) groups excluding carboxylic acids is 2. The molecule has 2 amide bonds. The molecule has 1 aliphatic heterocycles. The number of anilines is 2. The molecule has 1 aliphatic rings. The summed E-state index contributed by atoms with van der Waals surface area (Å²) in [7, 11) is 0. The first kappa shape index (κ1) is 19.7. The number of hydrogen-bond acceptors (Lipinski definition) is 4. The Balaban J connectivity index is 1.60. The lowest BCUT2D eigenvalue weighted by Gasteiger charge is -2.34. The Kier molecular flexibility index (Phi) is 5.53. The molecule has 3 rings (SSSR count). The maximum Gasteiger partial charge on any atom is 0.416 e. The Bertz CT molecular complexity index is 843. The molecule has 2 heterocycles. The number of halogens is 3. The highest BCUT2D eigenvalue weighted by Crippen LogP contribution is 2.30. The number of piperazine rings is 1. The summed E-state index contributed by atoms with van der Waals surface area (Å²) < 4.78 is 37.8. The molecule has 0 spiro atoms. The highest BCUT2D eigenvalue weighted by molar-refractivity contribution is 5.92. The lowest BCUT2D eigenvalue weighted by atomic mass is 10.2. The largest absolute Gasteiger partial charge is 0.416 e. The van der Waals surface area contributed by atoms with Crippen LogP contribution in [0.2, 0.25) is 0 Å². The van der Waals surface area contributed by atoms with Gasteiger partial charge in [0, 0.05) is 38.8 Å². The predicted molar refractivity (Wildman–Crippen MR) is 97.1 cm³/mol. The van der Waals surface area contributed by atoms with E-state index in [4.69, 9.17) is 0 Å². The van der Waals surface area contributed by atoms with Crippen molar-refractivity contribution in [3.63, 3.8) is 0 Å². The molecular weight excluding hydrogens is 373 g/mol. The van der Waals surface area contributed by atoms with E-state index in [1.54, 1.807) is 21.9 Å². The van der Waals surface area contributed by atoms with Gasteiger partial charge < -0.3 is 15.1 Å². The fourth-order valence-corrected chi connectivity index (χ4v) is 2.89. The van der Waals surface area contributed by atoms with Crippen LogP contribution in [-0.4, -0.2) is 52.8 Å². The van der Waals surface area contributed by atoms with E-state index in [9.17, 15) is 22.8 Å². The van der Waals surface area contributed by atoms with Crippen molar-refractivity contribution in [2.24, 2.45) is 0 Å². The van der Waals surface area contributed by atoms with Gasteiger partial charge in [0.15, 0.2) is 0 Å².